The molecule has 1 aliphatic rings. The fraction of sp³-hybridized carbons (Fsp3) is 0.273. The molecule has 31 heavy (non-hydrogen) atoms. The fourth-order valence-corrected chi connectivity index (χ4v) is 5.84. The minimum atomic E-state index is -0.116. The zero-order valence-electron chi connectivity index (χ0n) is 17.2. The molecular formula is C22H21Br3N2O3S. The first-order valence-corrected chi connectivity index (χ1v) is 12.3. The van der Waals surface area contributed by atoms with Crippen LogP contribution in [-0.2, 0) is 11.4 Å². The summed E-state index contributed by atoms with van der Waals surface area (Å²) in [7, 11) is 1.62. The molecule has 0 aliphatic carbocycles. The largest absolute Gasteiger partial charge is 0.496 e. The number of thiocarbonyl (C=S) groups is 1. The molecule has 0 bridgehead atoms. The Morgan fingerprint density at radius 2 is 1.84 bits per heavy atom. The monoisotopic (exact) mass is 630 g/mol. The van der Waals surface area contributed by atoms with E-state index in [1.54, 1.807) is 18.1 Å². The summed E-state index contributed by atoms with van der Waals surface area (Å²) >= 11 is 15.8. The molecular weight excluding hydrogens is 612 g/mol. The van der Waals surface area contributed by atoms with Gasteiger partial charge < -0.3 is 14.8 Å². The maximum absolute atomic E-state index is 12.7. The van der Waals surface area contributed by atoms with Gasteiger partial charge in [-0.15, -0.1) is 0 Å². The van der Waals surface area contributed by atoms with Crippen LogP contribution in [0.25, 0.3) is 6.08 Å². The lowest BCUT2D eigenvalue weighted by molar-refractivity contribution is -0.122. The quantitative estimate of drug-likeness (QED) is 0.288. The zero-order valence-corrected chi connectivity index (χ0v) is 22.7. The highest BCUT2D eigenvalue weighted by Gasteiger charge is 2.30. The van der Waals surface area contributed by atoms with E-state index in [1.165, 1.54) is 0 Å². The minimum Gasteiger partial charge on any atom is -0.496 e. The lowest BCUT2D eigenvalue weighted by Crippen LogP contribution is -2.33. The lowest BCUT2D eigenvalue weighted by atomic mass is 10.1. The second-order valence-corrected chi connectivity index (χ2v) is 10.4. The molecule has 0 unspecified atom stereocenters. The number of ether oxygens (including phenoxy) is 2. The Morgan fingerprint density at radius 3 is 2.45 bits per heavy atom. The van der Waals surface area contributed by atoms with Crippen LogP contribution in [0.5, 0.6) is 11.5 Å². The normalized spacial score (nSPS) is 15.1. The van der Waals surface area contributed by atoms with Gasteiger partial charge in [-0.1, -0.05) is 35.8 Å². The van der Waals surface area contributed by atoms with Crippen molar-refractivity contribution in [1.29, 1.82) is 0 Å². The van der Waals surface area contributed by atoms with Crippen molar-refractivity contribution in [3.8, 4) is 11.5 Å². The first-order valence-electron chi connectivity index (χ1n) is 9.48. The van der Waals surface area contributed by atoms with E-state index in [-0.39, 0.29) is 12.5 Å². The van der Waals surface area contributed by atoms with E-state index in [0.717, 1.165) is 24.5 Å². The molecule has 164 valence electrons. The van der Waals surface area contributed by atoms with E-state index >= 15 is 0 Å². The molecule has 9 heteroatoms. The SMILES string of the molecule is COc1ccc(/C=C2/NC(=S)N(CC(C)C)C2=O)cc1COc1c(Br)cc(Br)cc1Br. The zero-order chi connectivity index (χ0) is 22.7. The second kappa shape index (κ2) is 10.5. The van der Waals surface area contributed by atoms with E-state index in [1.807, 2.05) is 30.3 Å². The highest BCUT2D eigenvalue weighted by molar-refractivity contribution is 9.11. The van der Waals surface area contributed by atoms with Crippen molar-refractivity contribution in [2.24, 2.45) is 5.92 Å². The predicted molar refractivity (Wildman–Crippen MR) is 137 cm³/mol. The van der Waals surface area contributed by atoms with Crippen LogP contribution in [0.1, 0.15) is 25.0 Å². The van der Waals surface area contributed by atoms with Crippen LogP contribution in [0.2, 0.25) is 0 Å². The first kappa shape index (κ1) is 24.2. The molecule has 1 saturated heterocycles. The van der Waals surface area contributed by atoms with Gasteiger partial charge >= 0.3 is 0 Å². The summed E-state index contributed by atoms with van der Waals surface area (Å²) in [5.74, 6) is 1.60. The van der Waals surface area contributed by atoms with E-state index in [9.17, 15) is 4.79 Å². The van der Waals surface area contributed by atoms with Crippen LogP contribution >= 0.6 is 60.0 Å². The number of halogens is 3. The van der Waals surface area contributed by atoms with Gasteiger partial charge in [0.1, 0.15) is 23.8 Å². The molecule has 1 heterocycles. The fourth-order valence-electron chi connectivity index (χ4n) is 3.09. The summed E-state index contributed by atoms with van der Waals surface area (Å²) in [5.41, 5.74) is 2.16. The van der Waals surface area contributed by atoms with E-state index in [2.05, 4.69) is 67.0 Å². The molecule has 0 aromatic heterocycles. The molecule has 1 N–H and O–H groups in total. The standard InChI is InChI=1S/C22H21Br3N2O3S/c1-12(2)10-27-21(28)18(26-22(27)31)7-13-4-5-19(29-3)14(6-13)11-30-20-16(24)8-15(23)9-17(20)25/h4-9,12H,10-11H2,1-3H3,(H,26,31)/b18-7+. The molecule has 2 aromatic rings. The molecule has 0 atom stereocenters. The number of carbonyl (C=O) groups excluding carboxylic acids is 1. The first-order chi connectivity index (χ1) is 14.7. The number of benzene rings is 2. The Labute approximate surface area is 212 Å². The van der Waals surface area contributed by atoms with Gasteiger partial charge in [-0.25, -0.2) is 0 Å². The summed E-state index contributed by atoms with van der Waals surface area (Å²) in [6, 6.07) is 9.53. The number of carbonyl (C=O) groups is 1. The highest BCUT2D eigenvalue weighted by Crippen LogP contribution is 2.37. The Hall–Kier alpha value is -1.42. The average Bonchev–Trinajstić information content (AvgIpc) is 2.94. The predicted octanol–water partition coefficient (Wildman–Crippen LogP) is 6.28. The van der Waals surface area contributed by atoms with Crippen molar-refractivity contribution in [1.82, 2.24) is 10.2 Å². The maximum Gasteiger partial charge on any atom is 0.276 e. The number of amides is 1. The van der Waals surface area contributed by atoms with Gasteiger partial charge in [0.25, 0.3) is 5.91 Å². The maximum atomic E-state index is 12.7. The molecule has 2 aromatic carbocycles. The highest BCUT2D eigenvalue weighted by atomic mass is 79.9. The number of nitrogens with one attached hydrogen (secondary N) is 1. The van der Waals surface area contributed by atoms with Gasteiger partial charge in [0.2, 0.25) is 0 Å². The summed E-state index contributed by atoms with van der Waals surface area (Å²) in [6.45, 7) is 4.98. The van der Waals surface area contributed by atoms with Crippen molar-refractivity contribution in [2.45, 2.75) is 20.5 Å². The Morgan fingerprint density at radius 1 is 1.16 bits per heavy atom. The van der Waals surface area contributed by atoms with Gasteiger partial charge in [-0.05, 0) is 85.9 Å². The topological polar surface area (TPSA) is 50.8 Å². The molecule has 0 radical (unpaired) electrons. The van der Waals surface area contributed by atoms with Crippen LogP contribution in [0.3, 0.4) is 0 Å². The summed E-state index contributed by atoms with van der Waals surface area (Å²) in [6.07, 6.45) is 1.80. The third-order valence-corrected chi connectivity index (χ3v) is 6.42. The number of rotatable bonds is 7. The van der Waals surface area contributed by atoms with Gasteiger partial charge in [0, 0.05) is 16.6 Å². The molecule has 5 nitrogen and oxygen atoms in total. The summed E-state index contributed by atoms with van der Waals surface area (Å²) in [4.78, 5) is 14.3. The molecule has 0 saturated carbocycles. The Balaban J connectivity index is 1.84. The summed E-state index contributed by atoms with van der Waals surface area (Å²) in [5, 5.41) is 3.46. The number of hydrogen-bond acceptors (Lipinski definition) is 4. The van der Waals surface area contributed by atoms with Crippen LogP contribution in [-0.4, -0.2) is 29.6 Å². The Kier molecular flexibility index (Phi) is 8.18. The van der Waals surface area contributed by atoms with Crippen LogP contribution in [0.4, 0.5) is 0 Å². The third-order valence-electron chi connectivity index (χ3n) is 4.46. The number of methoxy groups -OCH3 is 1. The van der Waals surface area contributed by atoms with Gasteiger partial charge in [-0.3, -0.25) is 9.69 Å². The van der Waals surface area contributed by atoms with Crippen molar-refractivity contribution >= 4 is 77.1 Å². The van der Waals surface area contributed by atoms with Crippen molar-refractivity contribution in [3.05, 3.63) is 60.6 Å². The molecule has 3 rings (SSSR count). The van der Waals surface area contributed by atoms with Crippen LogP contribution in [0.15, 0.2) is 49.4 Å². The lowest BCUT2D eigenvalue weighted by Gasteiger charge is -2.16. The summed E-state index contributed by atoms with van der Waals surface area (Å²) < 4.78 is 14.1. The van der Waals surface area contributed by atoms with E-state index in [4.69, 9.17) is 21.7 Å². The molecule has 1 aliphatic heterocycles. The van der Waals surface area contributed by atoms with Gasteiger partial charge in [0.05, 0.1) is 16.1 Å². The molecule has 1 fully saturated rings. The Bertz CT molecular complexity index is 1030. The van der Waals surface area contributed by atoms with E-state index < -0.39 is 0 Å². The second-order valence-electron chi connectivity index (χ2n) is 7.36. The van der Waals surface area contributed by atoms with Crippen LogP contribution in [0, 0.1) is 5.92 Å². The minimum absolute atomic E-state index is 0.116. The molecule has 0 spiro atoms. The average molecular weight is 633 g/mol. The van der Waals surface area contributed by atoms with Gasteiger partial charge in [-0.2, -0.15) is 0 Å². The smallest absolute Gasteiger partial charge is 0.276 e. The van der Waals surface area contributed by atoms with Crippen molar-refractivity contribution in [2.75, 3.05) is 13.7 Å². The van der Waals surface area contributed by atoms with Crippen molar-refractivity contribution in [3.63, 3.8) is 0 Å². The number of hydrogen-bond donors (Lipinski definition) is 1. The van der Waals surface area contributed by atoms with Crippen molar-refractivity contribution < 1.29 is 14.3 Å². The van der Waals surface area contributed by atoms with E-state index in [0.29, 0.717) is 34.8 Å². The van der Waals surface area contributed by atoms with Gasteiger partial charge in [0.15, 0.2) is 5.11 Å². The van der Waals surface area contributed by atoms with Crippen LogP contribution < -0.4 is 14.8 Å². The number of nitrogens with zero attached hydrogens (tertiary/aromatic N) is 1. The molecule has 1 amide bonds. The third kappa shape index (κ3) is 5.88.